The molecule has 2 aliphatic heterocycles. The van der Waals surface area contributed by atoms with Crippen molar-refractivity contribution in [2.75, 3.05) is 56.9 Å². The van der Waals surface area contributed by atoms with E-state index in [-0.39, 0.29) is 13.0 Å². The molecule has 12 heteroatoms. The minimum Gasteiger partial charge on any atom is -0.351 e. The maximum Gasteiger partial charge on any atom is 0.416 e. The molecule has 0 spiro atoms. The highest BCUT2D eigenvalue weighted by atomic mass is 19.4. The van der Waals surface area contributed by atoms with Crippen LogP contribution in [0.15, 0.2) is 60.9 Å². The van der Waals surface area contributed by atoms with Gasteiger partial charge in [-0.05, 0) is 62.3 Å². The third-order valence-electron chi connectivity index (χ3n) is 8.62. The number of nitrogens with zero attached hydrogens (tertiary/aromatic N) is 6. The predicted octanol–water partition coefficient (Wildman–Crippen LogP) is 5.13. The van der Waals surface area contributed by atoms with Gasteiger partial charge in [0.1, 0.15) is 0 Å². The van der Waals surface area contributed by atoms with Gasteiger partial charge in [0.25, 0.3) is 0 Å². The number of likely N-dealkylation sites (N-methyl/N-ethyl adjacent to an activating group) is 1. The van der Waals surface area contributed by atoms with E-state index in [2.05, 4.69) is 42.4 Å². The minimum absolute atomic E-state index is 0.241. The SMILES string of the molecule is C=C(Cc1ccc(CN2CCN(C)CC2)c(C(F)(F)F)c1)Nc1cc(-c2ccc3nc(NC4CCNCC4)ncc3c2)n(C)n1. The second kappa shape index (κ2) is 13.2. The van der Waals surface area contributed by atoms with Gasteiger partial charge in [-0.3, -0.25) is 9.58 Å². The zero-order valence-corrected chi connectivity index (χ0v) is 25.8. The Balaban J connectivity index is 1.12. The highest BCUT2D eigenvalue weighted by Crippen LogP contribution is 2.34. The van der Waals surface area contributed by atoms with Gasteiger partial charge in [0.05, 0.1) is 16.8 Å². The van der Waals surface area contributed by atoms with Crippen molar-refractivity contribution in [3.8, 4) is 11.3 Å². The van der Waals surface area contributed by atoms with Crippen LogP contribution in [0, 0.1) is 0 Å². The average molecular weight is 620 g/mol. The number of hydrogen-bond acceptors (Lipinski definition) is 8. The van der Waals surface area contributed by atoms with E-state index in [1.165, 1.54) is 6.07 Å². The minimum atomic E-state index is -4.43. The number of halogens is 3. The largest absolute Gasteiger partial charge is 0.416 e. The molecule has 2 saturated heterocycles. The summed E-state index contributed by atoms with van der Waals surface area (Å²) in [6.45, 7) is 9.58. The van der Waals surface area contributed by atoms with Crippen LogP contribution in [0.1, 0.15) is 29.5 Å². The van der Waals surface area contributed by atoms with Crippen LogP contribution in [0.25, 0.3) is 22.2 Å². The standard InChI is InChI=1S/C33H40F3N9/c1-22(16-23-4-5-25(28(17-23)33(34,35)36)21-45-14-12-43(2)13-15-45)39-31-19-30(44(3)42-31)24-6-7-29-26(18-24)20-38-32(41-29)40-27-8-10-37-11-9-27/h4-7,17-20,27,37H,1,8-16,21H2,2-3H3,(H,39,42)(H,38,40,41). The number of aryl methyl sites for hydroxylation is 1. The Hall–Kier alpha value is -4.00. The van der Waals surface area contributed by atoms with Gasteiger partial charge in [0.15, 0.2) is 5.82 Å². The van der Waals surface area contributed by atoms with Crippen LogP contribution >= 0.6 is 0 Å². The molecule has 0 saturated carbocycles. The van der Waals surface area contributed by atoms with Crippen molar-refractivity contribution in [2.24, 2.45) is 7.05 Å². The lowest BCUT2D eigenvalue weighted by atomic mass is 10.00. The molecule has 0 unspecified atom stereocenters. The normalized spacial score (nSPS) is 17.1. The van der Waals surface area contributed by atoms with E-state index in [1.807, 2.05) is 44.6 Å². The number of piperidine rings is 1. The summed E-state index contributed by atoms with van der Waals surface area (Å²) >= 11 is 0. The summed E-state index contributed by atoms with van der Waals surface area (Å²) in [6, 6.07) is 12.9. The van der Waals surface area contributed by atoms with Gasteiger partial charge in [0.2, 0.25) is 5.95 Å². The fourth-order valence-corrected chi connectivity index (χ4v) is 6.06. The molecule has 3 N–H and O–H groups in total. The summed E-state index contributed by atoms with van der Waals surface area (Å²) in [5.41, 5.74) is 3.50. The molecule has 2 aromatic heterocycles. The number of rotatable bonds is 9. The second-order valence-electron chi connectivity index (χ2n) is 12.1. The maximum absolute atomic E-state index is 14.1. The van der Waals surface area contributed by atoms with Gasteiger partial charge >= 0.3 is 6.18 Å². The monoisotopic (exact) mass is 619 g/mol. The van der Waals surface area contributed by atoms with E-state index in [1.54, 1.807) is 16.8 Å². The molecule has 0 amide bonds. The van der Waals surface area contributed by atoms with Crippen molar-refractivity contribution < 1.29 is 13.2 Å². The molecular formula is C33H40F3N9. The van der Waals surface area contributed by atoms with Gasteiger partial charge in [-0.25, -0.2) is 9.97 Å². The molecule has 2 aromatic carbocycles. The molecule has 45 heavy (non-hydrogen) atoms. The lowest BCUT2D eigenvalue weighted by Crippen LogP contribution is -2.44. The quantitative estimate of drug-likeness (QED) is 0.238. The van der Waals surface area contributed by atoms with Crippen molar-refractivity contribution in [1.29, 1.82) is 0 Å². The number of allylic oxidation sites excluding steroid dienone is 1. The van der Waals surface area contributed by atoms with Crippen LogP contribution in [0.3, 0.4) is 0 Å². The number of fused-ring (bicyclic) bond motifs is 1. The first kappa shape index (κ1) is 31.0. The van der Waals surface area contributed by atoms with E-state index < -0.39 is 11.7 Å². The first-order chi connectivity index (χ1) is 21.6. The average Bonchev–Trinajstić information content (AvgIpc) is 3.38. The number of alkyl halides is 3. The number of nitrogens with one attached hydrogen (secondary N) is 3. The van der Waals surface area contributed by atoms with E-state index in [9.17, 15) is 13.2 Å². The van der Waals surface area contributed by atoms with Gasteiger partial charge in [-0.1, -0.05) is 24.8 Å². The third-order valence-corrected chi connectivity index (χ3v) is 8.62. The zero-order valence-electron chi connectivity index (χ0n) is 25.8. The first-order valence-corrected chi connectivity index (χ1v) is 15.4. The van der Waals surface area contributed by atoms with E-state index >= 15 is 0 Å². The van der Waals surface area contributed by atoms with Crippen LogP contribution in [-0.4, -0.2) is 81.9 Å². The molecule has 4 aromatic rings. The smallest absolute Gasteiger partial charge is 0.351 e. The Morgan fingerprint density at radius 3 is 2.56 bits per heavy atom. The maximum atomic E-state index is 14.1. The zero-order chi connectivity index (χ0) is 31.6. The third kappa shape index (κ3) is 7.63. The molecule has 2 fully saturated rings. The number of hydrogen-bond donors (Lipinski definition) is 3. The summed E-state index contributed by atoms with van der Waals surface area (Å²) < 4.78 is 43.9. The Morgan fingerprint density at radius 2 is 1.80 bits per heavy atom. The summed E-state index contributed by atoms with van der Waals surface area (Å²) in [6.07, 6.45) is -0.273. The van der Waals surface area contributed by atoms with Crippen molar-refractivity contribution in [1.82, 2.24) is 34.9 Å². The Labute approximate surface area is 261 Å². The van der Waals surface area contributed by atoms with Crippen molar-refractivity contribution in [3.05, 3.63) is 77.6 Å². The second-order valence-corrected chi connectivity index (χ2v) is 12.1. The molecule has 0 aliphatic carbocycles. The van der Waals surface area contributed by atoms with Crippen molar-refractivity contribution >= 4 is 22.7 Å². The van der Waals surface area contributed by atoms with Crippen molar-refractivity contribution in [3.63, 3.8) is 0 Å². The summed E-state index contributed by atoms with van der Waals surface area (Å²) in [7, 11) is 3.88. The molecule has 6 rings (SSSR count). The van der Waals surface area contributed by atoms with E-state index in [0.29, 0.717) is 34.6 Å². The Bertz CT molecular complexity index is 1650. The highest BCUT2D eigenvalue weighted by Gasteiger charge is 2.34. The van der Waals surface area contributed by atoms with E-state index in [0.717, 1.165) is 74.3 Å². The van der Waals surface area contributed by atoms with Gasteiger partial charge in [0, 0.05) is 81.1 Å². The summed E-state index contributed by atoms with van der Waals surface area (Å²) in [5, 5.41) is 15.5. The molecule has 2 aliphatic rings. The van der Waals surface area contributed by atoms with Crippen molar-refractivity contribution in [2.45, 2.75) is 38.0 Å². The molecule has 0 bridgehead atoms. The molecule has 0 atom stereocenters. The number of anilines is 2. The Kier molecular flexibility index (Phi) is 9.06. The van der Waals surface area contributed by atoms with Crippen LogP contribution in [0.4, 0.5) is 24.9 Å². The van der Waals surface area contributed by atoms with Gasteiger partial charge < -0.3 is 20.9 Å². The molecule has 9 nitrogen and oxygen atoms in total. The van der Waals surface area contributed by atoms with Crippen LogP contribution in [0.2, 0.25) is 0 Å². The lowest BCUT2D eigenvalue weighted by Gasteiger charge is -2.33. The lowest BCUT2D eigenvalue weighted by molar-refractivity contribution is -0.138. The molecule has 238 valence electrons. The predicted molar refractivity (Wildman–Crippen MR) is 172 cm³/mol. The molecule has 4 heterocycles. The number of piperazine rings is 1. The molecular weight excluding hydrogens is 579 g/mol. The number of benzene rings is 2. The van der Waals surface area contributed by atoms with Crippen LogP contribution < -0.4 is 16.0 Å². The van der Waals surface area contributed by atoms with Crippen LogP contribution in [-0.2, 0) is 26.2 Å². The Morgan fingerprint density at radius 1 is 1.02 bits per heavy atom. The first-order valence-electron chi connectivity index (χ1n) is 15.4. The molecule has 0 radical (unpaired) electrons. The van der Waals surface area contributed by atoms with E-state index in [4.69, 9.17) is 4.98 Å². The fraction of sp³-hybridized carbons (Fsp3) is 0.424. The van der Waals surface area contributed by atoms with Gasteiger partial charge in [-0.15, -0.1) is 0 Å². The topological polar surface area (TPSA) is 86.2 Å². The van der Waals surface area contributed by atoms with Gasteiger partial charge in [-0.2, -0.15) is 18.3 Å². The summed E-state index contributed by atoms with van der Waals surface area (Å²) in [5.74, 6) is 1.21. The number of aromatic nitrogens is 4. The van der Waals surface area contributed by atoms with Crippen LogP contribution in [0.5, 0.6) is 0 Å². The fourth-order valence-electron chi connectivity index (χ4n) is 6.06. The summed E-state index contributed by atoms with van der Waals surface area (Å²) in [4.78, 5) is 13.5. The highest BCUT2D eigenvalue weighted by molar-refractivity contribution is 5.84.